The highest BCUT2D eigenvalue weighted by molar-refractivity contribution is 7.80. The number of hydrogen-bond donors (Lipinski definition) is 0. The van der Waals surface area contributed by atoms with E-state index in [1.165, 1.54) is 22.3 Å². The minimum absolute atomic E-state index is 0.152. The topological polar surface area (TPSA) is 61.9 Å². The molecule has 0 N–H and O–H groups in total. The zero-order valence-corrected chi connectivity index (χ0v) is 49.3. The lowest BCUT2D eigenvalue weighted by Gasteiger charge is -2.29. The van der Waals surface area contributed by atoms with Crippen LogP contribution in [-0.2, 0) is 56.8 Å². The van der Waals surface area contributed by atoms with Crippen LogP contribution in [0.4, 0.5) is 0 Å². The Morgan fingerprint density at radius 2 is 0.583 bits per heavy atom. The quantitative estimate of drug-likeness (QED) is 0.0626. The molecule has 0 radical (unpaired) electrons. The fourth-order valence-electron chi connectivity index (χ4n) is 8.75. The fraction of sp³-hybridized carbons (Fsp3) is 0.581. The molecule has 4 aromatic rings. The van der Waals surface area contributed by atoms with Crippen LogP contribution in [0.1, 0.15) is 177 Å². The third kappa shape index (κ3) is 15.9. The minimum atomic E-state index is -0.152. The Labute approximate surface area is 446 Å². The zero-order chi connectivity index (χ0) is 53.3. The van der Waals surface area contributed by atoms with Gasteiger partial charge in [-0.15, -0.1) is 0 Å². The van der Waals surface area contributed by atoms with Gasteiger partial charge >= 0.3 is 0 Å². The second-order valence-corrected chi connectivity index (χ2v) is 25.2. The summed E-state index contributed by atoms with van der Waals surface area (Å²) in [4.78, 5) is 5.33. The van der Waals surface area contributed by atoms with Crippen molar-refractivity contribution in [1.82, 2.24) is 9.80 Å². The summed E-state index contributed by atoms with van der Waals surface area (Å²) >= 11 is 11.2. The van der Waals surface area contributed by atoms with Crippen molar-refractivity contribution in [2.45, 2.75) is 157 Å². The number of rotatable bonds is 18. The molecule has 0 saturated heterocycles. The van der Waals surface area contributed by atoms with Crippen LogP contribution in [0.3, 0.4) is 0 Å². The first-order valence-corrected chi connectivity index (χ1v) is 27.2. The van der Waals surface area contributed by atoms with Crippen LogP contribution in [0.15, 0.2) is 48.5 Å². The van der Waals surface area contributed by atoms with E-state index in [1.807, 2.05) is 38.0 Å². The van der Waals surface area contributed by atoms with E-state index in [-0.39, 0.29) is 21.7 Å². The number of fused-ring (bicyclic) bond motifs is 8. The Balaban J connectivity index is 1.92. The lowest BCUT2D eigenvalue weighted by atomic mass is 9.79. The van der Waals surface area contributed by atoms with Crippen LogP contribution in [-0.4, -0.2) is 101 Å². The summed E-state index contributed by atoms with van der Waals surface area (Å²) in [6, 6.07) is 19.0. The SMILES string of the molecule is CCCOc1c2cc(C(C)(C)C)cc1Cc1cc(C(C)(C)C)cc(c1OCCOCC(=S)N(C)C)Cc1cc(C(C)(C)C)cc(c1OCCC)Cc1cc(C(C)(C)C)cc(c1OCCOCC(=S)N(C)C)C2. The lowest BCUT2D eigenvalue weighted by molar-refractivity contribution is 0.124. The highest BCUT2D eigenvalue weighted by Gasteiger charge is 2.29. The Bertz CT molecular complexity index is 2230. The van der Waals surface area contributed by atoms with Crippen molar-refractivity contribution in [1.29, 1.82) is 0 Å². The summed E-state index contributed by atoms with van der Waals surface area (Å²) in [6.45, 7) is 35.4. The molecular weight excluding hydrogens is 933 g/mol. The first-order valence-electron chi connectivity index (χ1n) is 26.3. The van der Waals surface area contributed by atoms with Gasteiger partial charge in [-0.3, -0.25) is 0 Å². The second kappa shape index (κ2) is 24.9. The van der Waals surface area contributed by atoms with Crippen molar-refractivity contribution in [3.8, 4) is 23.0 Å². The molecule has 0 amide bonds. The molecule has 8 nitrogen and oxygen atoms in total. The van der Waals surface area contributed by atoms with Gasteiger partial charge in [-0.25, -0.2) is 0 Å². The molecule has 0 spiro atoms. The smallest absolute Gasteiger partial charge is 0.126 e. The van der Waals surface area contributed by atoms with E-state index in [0.717, 1.165) is 90.3 Å². The van der Waals surface area contributed by atoms with E-state index in [1.54, 1.807) is 0 Å². The van der Waals surface area contributed by atoms with Gasteiger partial charge < -0.3 is 38.2 Å². The largest absolute Gasteiger partial charge is 0.493 e. The number of benzene rings is 4. The Hall–Kier alpha value is -4.22. The van der Waals surface area contributed by atoms with Gasteiger partial charge in [0.05, 0.1) is 39.6 Å². The van der Waals surface area contributed by atoms with Gasteiger partial charge in [0.2, 0.25) is 0 Å². The number of likely N-dealkylation sites (N-methyl/N-ethyl adjacent to an activating group) is 2. The normalized spacial score (nSPS) is 13.1. The van der Waals surface area contributed by atoms with Crippen LogP contribution >= 0.6 is 24.4 Å². The summed E-state index contributed by atoms with van der Waals surface area (Å²) < 4.78 is 40.5. The number of nitrogens with zero attached hydrogens (tertiary/aromatic N) is 2. The average molecular weight is 1020 g/mol. The first kappa shape index (κ1) is 58.7. The van der Waals surface area contributed by atoms with E-state index in [2.05, 4.69) is 145 Å². The lowest BCUT2D eigenvalue weighted by Crippen LogP contribution is -2.25. The van der Waals surface area contributed by atoms with Crippen molar-refractivity contribution < 1.29 is 28.4 Å². The summed E-state index contributed by atoms with van der Waals surface area (Å²) in [7, 11) is 7.80. The fourth-order valence-corrected chi connectivity index (χ4v) is 8.92. The maximum atomic E-state index is 7.08. The molecule has 0 aromatic heterocycles. The standard InChI is InChI=1S/C62H90N2O6S2/c1-19-21-67-55-41-27-45-35-51(61(9,10)11)37-47(57(45)69-25-23-65-39-53(71)63(15)16)29-43-33-50(60(6,7)8)34-44(56(43)68-22-20-2)30-48-38-52(62(12,13)14)36-46(28-42(55)32-49(31-41)59(3,4)5)58(48)70-26-24-66-40-54(72)64(17)18/h31-38H,19-30,39-40H2,1-18H3. The van der Waals surface area contributed by atoms with Crippen molar-refractivity contribution in [2.24, 2.45) is 0 Å². The molecule has 0 unspecified atom stereocenters. The molecule has 0 saturated carbocycles. The van der Waals surface area contributed by atoms with Gasteiger partial charge in [0.25, 0.3) is 0 Å². The molecule has 8 bridgehead atoms. The van der Waals surface area contributed by atoms with Crippen molar-refractivity contribution in [3.05, 3.63) is 115 Å². The molecule has 5 rings (SSSR count). The molecule has 72 heavy (non-hydrogen) atoms. The van der Waals surface area contributed by atoms with Crippen molar-refractivity contribution in [2.75, 3.05) is 81.0 Å². The van der Waals surface area contributed by atoms with E-state index in [9.17, 15) is 0 Å². The first-order chi connectivity index (χ1) is 33.6. The summed E-state index contributed by atoms with van der Waals surface area (Å²) in [5.41, 5.74) is 13.4. The van der Waals surface area contributed by atoms with Gasteiger partial charge in [-0.05, 0) is 101 Å². The number of hydrogen-bond acceptors (Lipinski definition) is 8. The van der Waals surface area contributed by atoms with E-state index >= 15 is 0 Å². The molecule has 0 aliphatic heterocycles. The van der Waals surface area contributed by atoms with Gasteiger partial charge in [0.1, 0.15) is 46.2 Å². The van der Waals surface area contributed by atoms with Crippen LogP contribution in [0, 0.1) is 0 Å². The third-order valence-electron chi connectivity index (χ3n) is 13.3. The summed E-state index contributed by atoms with van der Waals surface area (Å²) in [5, 5.41) is 0. The highest BCUT2D eigenvalue weighted by atomic mass is 32.1. The van der Waals surface area contributed by atoms with E-state index in [4.69, 9.17) is 52.9 Å². The molecule has 0 fully saturated rings. The number of ether oxygens (including phenoxy) is 6. The van der Waals surface area contributed by atoms with E-state index in [0.29, 0.717) is 78.5 Å². The average Bonchev–Trinajstić information content (AvgIpc) is 3.27. The third-order valence-corrected chi connectivity index (χ3v) is 14.2. The van der Waals surface area contributed by atoms with Crippen molar-refractivity contribution in [3.63, 3.8) is 0 Å². The molecule has 396 valence electrons. The van der Waals surface area contributed by atoms with Crippen LogP contribution in [0.2, 0.25) is 0 Å². The predicted octanol–water partition coefficient (Wildman–Crippen LogP) is 13.7. The molecular formula is C62H90N2O6S2. The highest BCUT2D eigenvalue weighted by Crippen LogP contribution is 2.44. The van der Waals surface area contributed by atoms with Gasteiger partial charge in [0.15, 0.2) is 0 Å². The monoisotopic (exact) mass is 1020 g/mol. The predicted molar refractivity (Wildman–Crippen MR) is 309 cm³/mol. The Kier molecular flexibility index (Phi) is 20.3. The number of thiocarbonyl (C=S) groups is 2. The molecule has 0 atom stereocenters. The molecule has 10 heteroatoms. The van der Waals surface area contributed by atoms with Crippen molar-refractivity contribution >= 4 is 34.4 Å². The maximum absolute atomic E-state index is 7.08. The Morgan fingerprint density at radius 1 is 0.375 bits per heavy atom. The van der Waals surface area contributed by atoms with Crippen LogP contribution < -0.4 is 18.9 Å². The zero-order valence-electron chi connectivity index (χ0n) is 47.7. The summed E-state index contributed by atoms with van der Waals surface area (Å²) in [5.74, 6) is 3.61. The van der Waals surface area contributed by atoms with E-state index < -0.39 is 0 Å². The second-order valence-electron chi connectivity index (χ2n) is 24.3. The molecule has 0 heterocycles. The van der Waals surface area contributed by atoms with Gasteiger partial charge in [-0.2, -0.15) is 0 Å². The van der Waals surface area contributed by atoms with Gasteiger partial charge in [-0.1, -0.05) is 170 Å². The molecule has 1 aliphatic carbocycles. The summed E-state index contributed by atoms with van der Waals surface area (Å²) in [6.07, 6.45) is 4.15. The Morgan fingerprint density at radius 3 is 0.764 bits per heavy atom. The maximum Gasteiger partial charge on any atom is 0.126 e. The van der Waals surface area contributed by atoms with Gasteiger partial charge in [0, 0.05) is 53.9 Å². The molecule has 1 aliphatic rings. The minimum Gasteiger partial charge on any atom is -0.493 e. The van der Waals surface area contributed by atoms with Crippen LogP contribution in [0.5, 0.6) is 23.0 Å². The van der Waals surface area contributed by atoms with Crippen LogP contribution in [0.25, 0.3) is 0 Å². The molecule has 4 aromatic carbocycles.